The van der Waals surface area contributed by atoms with E-state index >= 15 is 0 Å². The Kier molecular flexibility index (Phi) is 5.38. The van der Waals surface area contributed by atoms with Gasteiger partial charge in [0.25, 0.3) is 0 Å². The Hall–Kier alpha value is -2.91. The van der Waals surface area contributed by atoms with Crippen molar-refractivity contribution in [3.8, 4) is 22.3 Å². The summed E-state index contributed by atoms with van der Waals surface area (Å²) in [5, 5.41) is 5.19. The van der Waals surface area contributed by atoms with Crippen LogP contribution in [0.5, 0.6) is 0 Å². The minimum Gasteiger partial charge on any atom is -0.378 e. The highest BCUT2D eigenvalue weighted by atomic mass is 32.2. The zero-order valence-corrected chi connectivity index (χ0v) is 16.2. The number of anilines is 1. The monoisotopic (exact) mass is 424 g/mol. The SMILES string of the molecule is CN(C)c1cccc(-c2c(F)c(F)c(F)c(F)c2-c2ccccc2S(N)(=O)=O)c1. The van der Waals surface area contributed by atoms with E-state index in [1.165, 1.54) is 30.3 Å². The van der Waals surface area contributed by atoms with Crippen molar-refractivity contribution in [3.63, 3.8) is 0 Å². The fourth-order valence-corrected chi connectivity index (χ4v) is 3.76. The zero-order valence-electron chi connectivity index (χ0n) is 15.4. The smallest absolute Gasteiger partial charge is 0.238 e. The summed E-state index contributed by atoms with van der Waals surface area (Å²) in [6, 6.07) is 10.9. The highest BCUT2D eigenvalue weighted by Crippen LogP contribution is 2.41. The molecule has 152 valence electrons. The lowest BCUT2D eigenvalue weighted by atomic mass is 9.92. The van der Waals surface area contributed by atoms with E-state index in [0.717, 1.165) is 12.1 Å². The van der Waals surface area contributed by atoms with Crippen LogP contribution in [0.3, 0.4) is 0 Å². The van der Waals surface area contributed by atoms with Gasteiger partial charge < -0.3 is 4.90 Å². The standard InChI is InChI=1S/C20H16F4N2O2S/c1-26(2)12-7-5-6-11(10-12)15-16(18(22)20(24)19(23)17(15)21)13-8-3-4-9-14(13)29(25,27)28/h3-10H,1-2H3,(H2,25,27,28). The first-order valence-electron chi connectivity index (χ1n) is 8.30. The Morgan fingerprint density at radius 3 is 1.97 bits per heavy atom. The predicted octanol–water partition coefficient (Wildman–Crippen LogP) is 4.29. The Labute approximate surface area is 165 Å². The molecule has 4 nitrogen and oxygen atoms in total. The Morgan fingerprint density at radius 1 is 0.793 bits per heavy atom. The first-order valence-corrected chi connectivity index (χ1v) is 9.84. The molecule has 0 aliphatic rings. The summed E-state index contributed by atoms with van der Waals surface area (Å²) in [4.78, 5) is 1.13. The molecule has 0 aliphatic carbocycles. The van der Waals surface area contributed by atoms with E-state index in [9.17, 15) is 26.0 Å². The molecule has 0 radical (unpaired) electrons. The average molecular weight is 424 g/mol. The van der Waals surface area contributed by atoms with Crippen LogP contribution in [0.2, 0.25) is 0 Å². The van der Waals surface area contributed by atoms with E-state index in [0.29, 0.717) is 5.69 Å². The molecule has 0 aliphatic heterocycles. The van der Waals surface area contributed by atoms with Gasteiger partial charge in [-0.2, -0.15) is 0 Å². The van der Waals surface area contributed by atoms with Crippen molar-refractivity contribution >= 4 is 15.7 Å². The second-order valence-electron chi connectivity index (χ2n) is 6.49. The summed E-state index contributed by atoms with van der Waals surface area (Å²) in [6.45, 7) is 0. The van der Waals surface area contributed by atoms with Crippen molar-refractivity contribution in [3.05, 3.63) is 71.8 Å². The largest absolute Gasteiger partial charge is 0.378 e. The van der Waals surface area contributed by atoms with Gasteiger partial charge in [0, 0.05) is 36.5 Å². The van der Waals surface area contributed by atoms with Gasteiger partial charge in [-0.15, -0.1) is 0 Å². The molecule has 3 aromatic carbocycles. The molecule has 0 unspecified atom stereocenters. The molecule has 0 saturated heterocycles. The highest BCUT2D eigenvalue weighted by molar-refractivity contribution is 7.89. The molecule has 0 fully saturated rings. The molecule has 29 heavy (non-hydrogen) atoms. The van der Waals surface area contributed by atoms with E-state index < -0.39 is 49.3 Å². The molecule has 0 spiro atoms. The summed E-state index contributed by atoms with van der Waals surface area (Å²) in [5.74, 6) is -7.40. The molecule has 0 amide bonds. The van der Waals surface area contributed by atoms with Gasteiger partial charge in [0.15, 0.2) is 23.3 Å². The van der Waals surface area contributed by atoms with E-state index in [2.05, 4.69) is 0 Å². The maximum Gasteiger partial charge on any atom is 0.238 e. The van der Waals surface area contributed by atoms with Crippen LogP contribution in [-0.4, -0.2) is 22.5 Å². The topological polar surface area (TPSA) is 63.4 Å². The van der Waals surface area contributed by atoms with Crippen LogP contribution in [0, 0.1) is 23.3 Å². The molecule has 0 saturated carbocycles. The van der Waals surface area contributed by atoms with Crippen molar-refractivity contribution in [2.75, 3.05) is 19.0 Å². The van der Waals surface area contributed by atoms with Crippen molar-refractivity contribution in [2.45, 2.75) is 4.90 Å². The molecule has 3 rings (SSSR count). The lowest BCUT2D eigenvalue weighted by molar-refractivity contribution is 0.412. The van der Waals surface area contributed by atoms with Crippen LogP contribution in [0.25, 0.3) is 22.3 Å². The van der Waals surface area contributed by atoms with Gasteiger partial charge in [-0.1, -0.05) is 30.3 Å². The fraction of sp³-hybridized carbons (Fsp3) is 0.100. The number of hydrogen-bond acceptors (Lipinski definition) is 3. The van der Waals surface area contributed by atoms with E-state index in [1.807, 2.05) is 0 Å². The summed E-state index contributed by atoms with van der Waals surface area (Å²) in [6.07, 6.45) is 0. The Morgan fingerprint density at radius 2 is 1.38 bits per heavy atom. The molecular weight excluding hydrogens is 408 g/mol. The molecule has 0 heterocycles. The van der Waals surface area contributed by atoms with Crippen molar-refractivity contribution in [1.29, 1.82) is 0 Å². The first-order chi connectivity index (χ1) is 13.5. The molecule has 2 N–H and O–H groups in total. The second kappa shape index (κ2) is 7.49. The third-order valence-electron chi connectivity index (χ3n) is 4.38. The van der Waals surface area contributed by atoms with E-state index in [-0.39, 0.29) is 11.1 Å². The Balaban J connectivity index is 2.49. The quantitative estimate of drug-likeness (QED) is 0.386. The number of nitrogens with two attached hydrogens (primary N) is 1. The van der Waals surface area contributed by atoms with Gasteiger partial charge >= 0.3 is 0 Å². The van der Waals surface area contributed by atoms with Crippen LogP contribution >= 0.6 is 0 Å². The number of hydrogen-bond donors (Lipinski definition) is 1. The van der Waals surface area contributed by atoms with Crippen LogP contribution in [-0.2, 0) is 10.0 Å². The van der Waals surface area contributed by atoms with Crippen LogP contribution in [0.15, 0.2) is 53.4 Å². The lowest BCUT2D eigenvalue weighted by Crippen LogP contribution is -2.14. The van der Waals surface area contributed by atoms with Crippen LogP contribution < -0.4 is 10.0 Å². The number of rotatable bonds is 4. The van der Waals surface area contributed by atoms with Crippen LogP contribution in [0.1, 0.15) is 0 Å². The van der Waals surface area contributed by atoms with E-state index in [1.54, 1.807) is 25.1 Å². The van der Waals surface area contributed by atoms with Gasteiger partial charge in [0.1, 0.15) is 0 Å². The molecular formula is C20H16F4N2O2S. The number of primary sulfonamides is 1. The summed E-state index contributed by atoms with van der Waals surface area (Å²) >= 11 is 0. The molecule has 0 bridgehead atoms. The van der Waals surface area contributed by atoms with Crippen molar-refractivity contribution in [1.82, 2.24) is 0 Å². The average Bonchev–Trinajstić information content (AvgIpc) is 2.68. The van der Waals surface area contributed by atoms with Crippen LogP contribution in [0.4, 0.5) is 23.2 Å². The minimum atomic E-state index is -4.37. The third-order valence-corrected chi connectivity index (χ3v) is 5.35. The van der Waals surface area contributed by atoms with Gasteiger partial charge in [-0.25, -0.2) is 31.1 Å². The molecule has 3 aromatic rings. The number of halogens is 4. The summed E-state index contributed by atoms with van der Waals surface area (Å²) in [5.41, 5.74) is -1.11. The summed E-state index contributed by atoms with van der Waals surface area (Å²) in [7, 11) is -0.955. The number of benzene rings is 3. The molecule has 9 heteroatoms. The fourth-order valence-electron chi connectivity index (χ4n) is 3.02. The van der Waals surface area contributed by atoms with Crippen molar-refractivity contribution < 1.29 is 26.0 Å². The van der Waals surface area contributed by atoms with Gasteiger partial charge in [-0.3, -0.25) is 0 Å². The summed E-state index contributed by atoms with van der Waals surface area (Å²) < 4.78 is 81.8. The predicted molar refractivity (Wildman–Crippen MR) is 103 cm³/mol. The highest BCUT2D eigenvalue weighted by Gasteiger charge is 2.29. The Bertz CT molecular complexity index is 1210. The maximum atomic E-state index is 14.9. The normalized spacial score (nSPS) is 11.6. The first kappa shape index (κ1) is 20.8. The van der Waals surface area contributed by atoms with Gasteiger partial charge in [0.05, 0.1) is 4.90 Å². The molecule has 0 aromatic heterocycles. The van der Waals surface area contributed by atoms with Gasteiger partial charge in [-0.05, 0) is 23.8 Å². The zero-order chi connectivity index (χ0) is 21.5. The van der Waals surface area contributed by atoms with Gasteiger partial charge in [0.2, 0.25) is 10.0 Å². The van der Waals surface area contributed by atoms with E-state index in [4.69, 9.17) is 5.14 Å². The van der Waals surface area contributed by atoms with Crippen molar-refractivity contribution in [2.24, 2.45) is 5.14 Å². The maximum absolute atomic E-state index is 14.9. The third kappa shape index (κ3) is 3.70. The molecule has 0 atom stereocenters. The second-order valence-corrected chi connectivity index (χ2v) is 8.02. The minimum absolute atomic E-state index is 0.0331. The lowest BCUT2D eigenvalue weighted by Gasteiger charge is -2.18. The number of sulfonamides is 1. The number of nitrogens with zero attached hydrogens (tertiary/aromatic N) is 1.